The summed E-state index contributed by atoms with van der Waals surface area (Å²) in [5.41, 5.74) is 2.07. The van der Waals surface area contributed by atoms with Crippen LogP contribution in [0.25, 0.3) is 0 Å². The number of carbonyl (C=O) groups is 1. The summed E-state index contributed by atoms with van der Waals surface area (Å²) >= 11 is 1.39. The van der Waals surface area contributed by atoms with Crippen LogP contribution in [-0.2, 0) is 16.0 Å². The van der Waals surface area contributed by atoms with E-state index in [9.17, 15) is 13.4 Å². The molecule has 1 aromatic rings. The topological polar surface area (TPSA) is 108 Å². The molecule has 0 saturated carbocycles. The highest BCUT2D eigenvalue weighted by Crippen LogP contribution is 2.23. The number of amidine groups is 1. The van der Waals surface area contributed by atoms with Gasteiger partial charge in [0.05, 0.1) is 10.2 Å². The summed E-state index contributed by atoms with van der Waals surface area (Å²) in [7, 11) is 0. The Morgan fingerprint density at radius 1 is 1.59 bits per heavy atom. The second kappa shape index (κ2) is 7.38. The fraction of sp³-hybridized carbons (Fsp3) is 0.333. The first-order valence-corrected chi connectivity index (χ1v) is 8.28. The van der Waals surface area contributed by atoms with E-state index in [-0.39, 0.29) is 16.9 Å². The maximum atomic E-state index is 13.2. The van der Waals surface area contributed by atoms with E-state index >= 15 is 0 Å². The van der Waals surface area contributed by atoms with Crippen LogP contribution in [0.3, 0.4) is 0 Å². The zero-order valence-electron chi connectivity index (χ0n) is 11.3. The van der Waals surface area contributed by atoms with Gasteiger partial charge in [-0.15, -0.1) is 0 Å². The molecule has 0 spiro atoms. The zero-order valence-corrected chi connectivity index (χ0v) is 13.7. The van der Waals surface area contributed by atoms with Gasteiger partial charge in [0.25, 0.3) is 0 Å². The average molecular weight is 393 g/mol. The summed E-state index contributed by atoms with van der Waals surface area (Å²) in [6, 6.07) is 3.95. The van der Waals surface area contributed by atoms with Crippen molar-refractivity contribution in [3.63, 3.8) is 0 Å². The van der Waals surface area contributed by atoms with E-state index in [0.29, 0.717) is 18.7 Å². The fourth-order valence-electron chi connectivity index (χ4n) is 2.12. The number of hydrogen-bond donors (Lipinski definition) is 3. The first-order chi connectivity index (χ1) is 10.4. The minimum Gasteiger partial charge on any atom is -0.290 e. The molecule has 0 radical (unpaired) electrons. The fourth-order valence-corrected chi connectivity index (χ4v) is 3.10. The van der Waals surface area contributed by atoms with E-state index in [1.807, 2.05) is 0 Å². The lowest BCUT2D eigenvalue weighted by atomic mass is 10.0. The highest BCUT2D eigenvalue weighted by atomic mass is 79.9. The number of ketones is 1. The highest BCUT2D eigenvalue weighted by molar-refractivity contribution is 9.10. The van der Waals surface area contributed by atoms with Crippen molar-refractivity contribution in [1.29, 1.82) is 0 Å². The summed E-state index contributed by atoms with van der Waals surface area (Å²) in [5.74, 6) is -1.60. The van der Waals surface area contributed by atoms with Crippen molar-refractivity contribution in [2.45, 2.75) is 6.42 Å². The zero-order chi connectivity index (χ0) is 16.3. The molecule has 10 heteroatoms. The number of Topliss-reactive ketones (excluding diaryl/α,β-unsaturated/α-hetero) is 1. The lowest BCUT2D eigenvalue weighted by molar-refractivity contribution is -0.116. The third-order valence-electron chi connectivity index (χ3n) is 3.26. The van der Waals surface area contributed by atoms with Gasteiger partial charge in [-0.05, 0) is 40.5 Å². The summed E-state index contributed by atoms with van der Waals surface area (Å²) in [6.07, 6.45) is 0.468. The smallest absolute Gasteiger partial charge is 0.204 e. The molecule has 1 saturated heterocycles. The monoisotopic (exact) mass is 392 g/mol. The number of benzene rings is 1. The Kier molecular flexibility index (Phi) is 5.75. The van der Waals surface area contributed by atoms with Crippen LogP contribution in [0.5, 0.6) is 0 Å². The number of nitrogens with zero attached hydrogens (tertiary/aromatic N) is 2. The maximum Gasteiger partial charge on any atom is 0.204 e. The number of halogens is 2. The van der Waals surface area contributed by atoms with E-state index in [1.165, 1.54) is 22.5 Å². The van der Waals surface area contributed by atoms with Crippen LogP contribution in [0.15, 0.2) is 27.7 Å². The Morgan fingerprint density at radius 3 is 2.86 bits per heavy atom. The predicted molar refractivity (Wildman–Crippen MR) is 83.1 cm³/mol. The molecule has 1 aliphatic heterocycles. The number of rotatable bonds is 4. The first-order valence-electron chi connectivity index (χ1n) is 6.31. The van der Waals surface area contributed by atoms with Crippen molar-refractivity contribution in [2.75, 3.05) is 13.1 Å². The van der Waals surface area contributed by atoms with Crippen LogP contribution < -0.4 is 10.6 Å². The van der Waals surface area contributed by atoms with Crippen molar-refractivity contribution in [3.05, 3.63) is 28.5 Å². The Hall–Kier alpha value is -1.20. The van der Waals surface area contributed by atoms with Crippen molar-refractivity contribution >= 4 is 44.4 Å². The molecule has 2 atom stereocenters. The van der Waals surface area contributed by atoms with Gasteiger partial charge in [-0.1, -0.05) is 0 Å². The maximum absolute atomic E-state index is 13.2. The van der Waals surface area contributed by atoms with Crippen molar-refractivity contribution in [3.8, 4) is 0 Å². The molecule has 7 nitrogen and oxygen atoms in total. The number of hydrogen-bond acceptors (Lipinski definition) is 4. The van der Waals surface area contributed by atoms with Crippen molar-refractivity contribution < 1.29 is 18.6 Å². The van der Waals surface area contributed by atoms with Gasteiger partial charge in [0, 0.05) is 19.0 Å². The van der Waals surface area contributed by atoms with Crippen LogP contribution in [0.2, 0.25) is 0 Å². The quantitative estimate of drug-likeness (QED) is 0.403. The van der Waals surface area contributed by atoms with Crippen LogP contribution in [-0.4, -0.2) is 38.4 Å². The summed E-state index contributed by atoms with van der Waals surface area (Å²) in [5, 5.41) is 14.4. The van der Waals surface area contributed by atoms with Gasteiger partial charge in [-0.2, -0.15) is 0 Å². The van der Waals surface area contributed by atoms with Gasteiger partial charge >= 0.3 is 0 Å². The van der Waals surface area contributed by atoms with Crippen molar-refractivity contribution in [2.24, 2.45) is 16.0 Å². The van der Waals surface area contributed by atoms with E-state index in [2.05, 4.69) is 20.9 Å². The molecule has 0 aliphatic carbocycles. The Labute approximate surface area is 137 Å². The largest absolute Gasteiger partial charge is 0.290 e. The molecule has 2 rings (SSSR count). The lowest BCUT2D eigenvalue weighted by Gasteiger charge is -2.12. The first kappa shape index (κ1) is 17.2. The van der Waals surface area contributed by atoms with E-state index in [1.54, 1.807) is 5.48 Å². The van der Waals surface area contributed by atoms with Gasteiger partial charge < -0.3 is 0 Å². The molecule has 1 fully saturated rings. The molecule has 120 valence electrons. The van der Waals surface area contributed by atoms with E-state index < -0.39 is 28.7 Å². The normalized spacial score (nSPS) is 20.9. The third-order valence-corrected chi connectivity index (χ3v) is 4.71. The van der Waals surface area contributed by atoms with Crippen LogP contribution in [0.4, 0.5) is 10.1 Å². The predicted octanol–water partition coefficient (Wildman–Crippen LogP) is 1.03. The number of aliphatic imine (C=N–C) groups is 1. The van der Waals surface area contributed by atoms with Crippen LogP contribution in [0.1, 0.15) is 6.42 Å². The molecule has 1 heterocycles. The molecule has 0 aromatic heterocycles. The Morgan fingerprint density at radius 2 is 2.32 bits per heavy atom. The summed E-state index contributed by atoms with van der Waals surface area (Å²) < 4.78 is 26.0. The minimum absolute atomic E-state index is 0.198. The second-order valence-corrected chi connectivity index (χ2v) is 6.61. The number of nitrogens with one attached hydrogen (secondary N) is 1. The second-order valence-electron chi connectivity index (χ2n) is 4.68. The molecular weight excluding hydrogens is 379 g/mol. The van der Waals surface area contributed by atoms with Gasteiger partial charge in [-0.3, -0.25) is 10.0 Å². The third kappa shape index (κ3) is 3.96. The summed E-state index contributed by atoms with van der Waals surface area (Å²) in [6.45, 7) is 0.663. The molecule has 2 unspecified atom stereocenters. The van der Waals surface area contributed by atoms with Gasteiger partial charge in [0.1, 0.15) is 5.82 Å². The molecule has 4 N–H and O–H groups in total. The molecule has 1 aliphatic rings. The van der Waals surface area contributed by atoms with Crippen LogP contribution in [0, 0.1) is 11.7 Å². The number of nitrogens with two attached hydrogens (primary N) is 1. The molecular formula is C12H14BrFN4O3S. The number of hydroxylamine groups is 1. The molecule has 0 bridgehead atoms. The Bertz CT molecular complexity index is 643. The minimum atomic E-state index is -1.63. The van der Waals surface area contributed by atoms with Gasteiger partial charge in [0.2, 0.25) is 5.78 Å². The molecule has 0 amide bonds. The average Bonchev–Trinajstić information content (AvgIpc) is 2.97. The van der Waals surface area contributed by atoms with Gasteiger partial charge in [0.15, 0.2) is 17.0 Å². The number of carbonyl (C=O) groups excluding carboxylic acids is 1. The molecule has 1 aromatic carbocycles. The summed E-state index contributed by atoms with van der Waals surface area (Å²) in [4.78, 5) is 16.3. The SMILES string of the molecule is NS(=O)N1CCC(C(=O)C(=Nc2ccc(F)c(Br)c2)NO)C1. The molecule has 22 heavy (non-hydrogen) atoms. The lowest BCUT2D eigenvalue weighted by Crippen LogP contribution is -2.36. The highest BCUT2D eigenvalue weighted by Gasteiger charge is 2.32. The van der Waals surface area contributed by atoms with Gasteiger partial charge in [-0.25, -0.2) is 28.5 Å². The van der Waals surface area contributed by atoms with Crippen molar-refractivity contribution in [1.82, 2.24) is 9.79 Å². The van der Waals surface area contributed by atoms with E-state index in [0.717, 1.165) is 0 Å². The van der Waals surface area contributed by atoms with E-state index in [4.69, 9.17) is 10.3 Å². The standard InChI is InChI=1S/C12H14BrFN4O3S/c13-9-5-8(1-2-10(9)14)16-12(17-20)11(19)7-3-4-18(6-7)22(15)21/h1-2,5,7,20H,3-4,6,15H2,(H,16,17). The Balaban J connectivity index is 2.17. The van der Waals surface area contributed by atoms with Crippen LogP contribution >= 0.6 is 15.9 Å².